The maximum absolute atomic E-state index is 8.84. The topological polar surface area (TPSA) is 96.8 Å². The normalized spacial score (nSPS) is 9.61. The van der Waals surface area contributed by atoms with Crippen molar-refractivity contribution in [3.05, 3.63) is 41.7 Å². The van der Waals surface area contributed by atoms with Crippen molar-refractivity contribution >= 4 is 5.82 Å². The number of aryl methyl sites for hydroxylation is 1. The molecule has 0 amide bonds. The molecule has 0 bridgehead atoms. The second kappa shape index (κ2) is 5.12. The number of hydrogen-bond acceptors (Lipinski definition) is 6. The lowest BCUT2D eigenvalue weighted by Gasteiger charge is -2.08. The average Bonchev–Trinajstić information content (AvgIpc) is 2.41. The van der Waals surface area contributed by atoms with Gasteiger partial charge in [0.15, 0.2) is 5.82 Å². The molecular formula is C12H11N5O. The summed E-state index contributed by atoms with van der Waals surface area (Å²) in [5.74, 6) is 6.52. The number of rotatable bonds is 3. The quantitative estimate of drug-likeness (QED) is 0.627. The molecule has 0 aliphatic heterocycles. The molecule has 1 heterocycles. The first-order valence-electron chi connectivity index (χ1n) is 5.20. The molecule has 2 rings (SSSR count). The Kier molecular flexibility index (Phi) is 3.36. The number of aromatic nitrogens is 2. The Labute approximate surface area is 104 Å². The maximum atomic E-state index is 8.84. The summed E-state index contributed by atoms with van der Waals surface area (Å²) >= 11 is 0. The number of ether oxygens (including phenoxy) is 1. The van der Waals surface area contributed by atoms with E-state index in [4.69, 9.17) is 15.8 Å². The van der Waals surface area contributed by atoms with E-state index in [1.165, 1.54) is 12.4 Å². The zero-order valence-corrected chi connectivity index (χ0v) is 9.71. The largest absolute Gasteiger partial charge is 0.437 e. The number of hydrogen-bond donors (Lipinski definition) is 2. The van der Waals surface area contributed by atoms with E-state index in [2.05, 4.69) is 21.5 Å². The zero-order valence-electron chi connectivity index (χ0n) is 9.71. The Balaban J connectivity index is 2.30. The van der Waals surface area contributed by atoms with Gasteiger partial charge in [-0.1, -0.05) is 6.07 Å². The third kappa shape index (κ3) is 2.53. The van der Waals surface area contributed by atoms with Crippen LogP contribution in [0.4, 0.5) is 5.82 Å². The third-order valence-electron chi connectivity index (χ3n) is 2.29. The number of nitrogens with zero attached hydrogens (tertiary/aromatic N) is 3. The number of nitrogens with one attached hydrogen (secondary N) is 1. The molecule has 0 aliphatic rings. The van der Waals surface area contributed by atoms with Crippen LogP contribution >= 0.6 is 0 Å². The molecule has 6 heteroatoms. The van der Waals surface area contributed by atoms with E-state index in [0.717, 1.165) is 5.56 Å². The van der Waals surface area contributed by atoms with Crippen molar-refractivity contribution in [2.75, 3.05) is 5.43 Å². The Bertz CT molecular complexity index is 606. The van der Waals surface area contributed by atoms with Crippen LogP contribution in [0.25, 0.3) is 0 Å². The lowest BCUT2D eigenvalue weighted by Crippen LogP contribution is -2.09. The fourth-order valence-electron chi connectivity index (χ4n) is 1.36. The molecule has 18 heavy (non-hydrogen) atoms. The van der Waals surface area contributed by atoms with Gasteiger partial charge in [-0.05, 0) is 24.6 Å². The van der Waals surface area contributed by atoms with E-state index >= 15 is 0 Å². The van der Waals surface area contributed by atoms with Crippen LogP contribution in [-0.2, 0) is 0 Å². The minimum Gasteiger partial charge on any atom is -0.437 e. The highest BCUT2D eigenvalue weighted by Crippen LogP contribution is 2.24. The van der Waals surface area contributed by atoms with Crippen LogP contribution in [-0.4, -0.2) is 9.97 Å². The van der Waals surface area contributed by atoms with Gasteiger partial charge >= 0.3 is 0 Å². The van der Waals surface area contributed by atoms with Gasteiger partial charge in [-0.2, -0.15) is 10.2 Å². The average molecular weight is 241 g/mol. The van der Waals surface area contributed by atoms with Gasteiger partial charge in [0, 0.05) is 0 Å². The maximum Gasteiger partial charge on any atom is 0.239 e. The van der Waals surface area contributed by atoms with Crippen LogP contribution in [0.1, 0.15) is 11.1 Å². The molecule has 0 atom stereocenters. The second-order valence-corrected chi connectivity index (χ2v) is 3.58. The molecule has 90 valence electrons. The number of nitriles is 1. The zero-order chi connectivity index (χ0) is 13.0. The minimum absolute atomic E-state index is 0.309. The van der Waals surface area contributed by atoms with Crippen molar-refractivity contribution in [2.45, 2.75) is 6.92 Å². The highest BCUT2D eigenvalue weighted by molar-refractivity contribution is 5.43. The molecule has 0 saturated heterocycles. The van der Waals surface area contributed by atoms with Crippen LogP contribution in [0.15, 0.2) is 30.6 Å². The second-order valence-electron chi connectivity index (χ2n) is 3.58. The highest BCUT2D eigenvalue weighted by atomic mass is 16.5. The summed E-state index contributed by atoms with van der Waals surface area (Å²) in [5, 5.41) is 8.84. The summed E-state index contributed by atoms with van der Waals surface area (Å²) in [5.41, 5.74) is 3.81. The lowest BCUT2D eigenvalue weighted by atomic mass is 10.1. The smallest absolute Gasteiger partial charge is 0.239 e. The summed E-state index contributed by atoms with van der Waals surface area (Å²) in [6.07, 6.45) is 2.95. The predicted molar refractivity (Wildman–Crippen MR) is 65.8 cm³/mol. The third-order valence-corrected chi connectivity index (χ3v) is 2.29. The van der Waals surface area contributed by atoms with Crippen molar-refractivity contribution < 1.29 is 4.74 Å². The van der Waals surface area contributed by atoms with Gasteiger partial charge in [0.1, 0.15) is 5.75 Å². The number of nitrogens with two attached hydrogens (primary N) is 1. The first-order valence-corrected chi connectivity index (χ1v) is 5.20. The van der Waals surface area contributed by atoms with Gasteiger partial charge in [0.25, 0.3) is 0 Å². The van der Waals surface area contributed by atoms with Crippen molar-refractivity contribution in [3.63, 3.8) is 0 Å². The summed E-state index contributed by atoms with van der Waals surface area (Å²) in [7, 11) is 0. The van der Waals surface area contributed by atoms with Crippen molar-refractivity contribution in [1.82, 2.24) is 9.97 Å². The molecule has 3 N–H and O–H groups in total. The Hall–Kier alpha value is -2.65. The van der Waals surface area contributed by atoms with Crippen molar-refractivity contribution in [3.8, 4) is 17.7 Å². The van der Waals surface area contributed by atoms with Gasteiger partial charge < -0.3 is 10.2 Å². The molecule has 1 aromatic heterocycles. The SMILES string of the molecule is Cc1ccc(C#N)cc1Oc1cncc(NN)n1. The van der Waals surface area contributed by atoms with Crippen molar-refractivity contribution in [2.24, 2.45) is 5.84 Å². The molecule has 0 saturated carbocycles. The molecule has 0 spiro atoms. The van der Waals surface area contributed by atoms with E-state index in [9.17, 15) is 0 Å². The number of hydrazine groups is 1. The van der Waals surface area contributed by atoms with Crippen LogP contribution in [0.3, 0.4) is 0 Å². The van der Waals surface area contributed by atoms with Crippen LogP contribution in [0.2, 0.25) is 0 Å². The van der Waals surface area contributed by atoms with Gasteiger partial charge in [-0.15, -0.1) is 0 Å². The lowest BCUT2D eigenvalue weighted by molar-refractivity contribution is 0.457. The summed E-state index contributed by atoms with van der Waals surface area (Å²) in [4.78, 5) is 8.01. The van der Waals surface area contributed by atoms with E-state index in [1.807, 2.05) is 13.0 Å². The van der Waals surface area contributed by atoms with E-state index in [1.54, 1.807) is 12.1 Å². The fourth-order valence-corrected chi connectivity index (χ4v) is 1.36. The molecule has 0 fully saturated rings. The summed E-state index contributed by atoms with van der Waals surface area (Å²) < 4.78 is 5.57. The molecule has 2 aromatic rings. The van der Waals surface area contributed by atoms with Crippen molar-refractivity contribution in [1.29, 1.82) is 5.26 Å². The Morgan fingerprint density at radius 1 is 1.39 bits per heavy atom. The standard InChI is InChI=1S/C12H11N5O/c1-8-2-3-9(5-13)4-10(8)18-12-7-15-6-11(16-12)17-14/h2-4,6-7H,14H2,1H3,(H,16,17). The fraction of sp³-hybridized carbons (Fsp3) is 0.0833. The summed E-state index contributed by atoms with van der Waals surface area (Å²) in [6.45, 7) is 1.88. The van der Waals surface area contributed by atoms with Crippen LogP contribution < -0.4 is 16.0 Å². The Morgan fingerprint density at radius 2 is 2.22 bits per heavy atom. The molecule has 0 unspecified atom stereocenters. The van der Waals surface area contributed by atoms with E-state index in [-0.39, 0.29) is 0 Å². The predicted octanol–water partition coefficient (Wildman–Crippen LogP) is 1.73. The molecule has 1 aromatic carbocycles. The molecular weight excluding hydrogens is 230 g/mol. The first-order chi connectivity index (χ1) is 8.72. The highest BCUT2D eigenvalue weighted by Gasteiger charge is 2.05. The Morgan fingerprint density at radius 3 is 2.94 bits per heavy atom. The molecule has 0 aliphatic carbocycles. The van der Waals surface area contributed by atoms with Gasteiger partial charge in [0.05, 0.1) is 24.0 Å². The number of benzene rings is 1. The molecule has 0 radical (unpaired) electrons. The van der Waals surface area contributed by atoms with E-state index in [0.29, 0.717) is 23.0 Å². The number of nitrogen functional groups attached to an aromatic ring is 1. The first kappa shape index (κ1) is 11.8. The minimum atomic E-state index is 0.309. The van der Waals surface area contributed by atoms with Gasteiger partial charge in [-0.25, -0.2) is 5.84 Å². The monoisotopic (exact) mass is 241 g/mol. The number of anilines is 1. The van der Waals surface area contributed by atoms with Gasteiger partial charge in [0.2, 0.25) is 5.88 Å². The van der Waals surface area contributed by atoms with Crippen LogP contribution in [0, 0.1) is 18.3 Å². The van der Waals surface area contributed by atoms with Gasteiger partial charge in [-0.3, -0.25) is 4.98 Å². The van der Waals surface area contributed by atoms with E-state index < -0.39 is 0 Å². The molecule has 6 nitrogen and oxygen atoms in total. The van der Waals surface area contributed by atoms with Crippen LogP contribution in [0.5, 0.6) is 11.6 Å². The summed E-state index contributed by atoms with van der Waals surface area (Å²) in [6, 6.07) is 7.25.